The molecule has 2 heterocycles. The summed E-state index contributed by atoms with van der Waals surface area (Å²) in [5, 5.41) is 3.50. The number of rotatable bonds is 3. The number of nitrogens with one attached hydrogen (secondary N) is 1. The number of hydrogen-bond donors (Lipinski definition) is 1. The van der Waals surface area contributed by atoms with Gasteiger partial charge < -0.3 is 5.32 Å². The van der Waals surface area contributed by atoms with Gasteiger partial charge in [0.2, 0.25) is 0 Å². The molecule has 0 radical (unpaired) electrons. The van der Waals surface area contributed by atoms with Crippen LogP contribution in [0.3, 0.4) is 0 Å². The highest BCUT2D eigenvalue weighted by Crippen LogP contribution is 2.32. The van der Waals surface area contributed by atoms with Crippen LogP contribution in [0.1, 0.15) is 40.0 Å². The Morgan fingerprint density at radius 1 is 1.44 bits per heavy atom. The first-order valence-electron chi connectivity index (χ1n) is 6.59. The summed E-state index contributed by atoms with van der Waals surface area (Å²) in [7, 11) is 0. The van der Waals surface area contributed by atoms with Gasteiger partial charge in [-0.05, 0) is 43.7 Å². The van der Waals surface area contributed by atoms with Crippen molar-refractivity contribution in [3.8, 4) is 0 Å². The average molecular weight is 247 g/mol. The molecule has 0 spiro atoms. The molecule has 0 aromatic rings. The molecule has 3 unspecified atom stereocenters. The van der Waals surface area contributed by atoms with E-state index in [0.29, 0.717) is 5.41 Å². The van der Waals surface area contributed by atoms with E-state index in [4.69, 9.17) is 0 Å². The van der Waals surface area contributed by atoms with Crippen LogP contribution in [0, 0.1) is 11.3 Å². The van der Waals surface area contributed by atoms with Crippen LogP contribution in [-0.4, -0.2) is 37.1 Å². The Balaban J connectivity index is 0.00000128. The topological polar surface area (TPSA) is 15.3 Å². The van der Waals surface area contributed by atoms with Crippen LogP contribution < -0.4 is 5.32 Å². The molecule has 2 aliphatic rings. The highest BCUT2D eigenvalue weighted by atomic mass is 35.5. The Morgan fingerprint density at radius 3 is 2.75 bits per heavy atom. The SMILES string of the molecule is CCC1C(C)CCN1CC1(C)CCNC1.Cl. The van der Waals surface area contributed by atoms with Gasteiger partial charge in [0, 0.05) is 19.1 Å². The van der Waals surface area contributed by atoms with Crippen molar-refractivity contribution in [1.29, 1.82) is 0 Å². The van der Waals surface area contributed by atoms with Gasteiger partial charge in [-0.15, -0.1) is 12.4 Å². The molecule has 3 atom stereocenters. The second-order valence-electron chi connectivity index (χ2n) is 5.95. The quantitative estimate of drug-likeness (QED) is 0.824. The van der Waals surface area contributed by atoms with Crippen LogP contribution in [0.4, 0.5) is 0 Å². The molecule has 2 fully saturated rings. The van der Waals surface area contributed by atoms with Crippen LogP contribution in [0.25, 0.3) is 0 Å². The third-order valence-corrected chi connectivity index (χ3v) is 4.46. The van der Waals surface area contributed by atoms with Crippen molar-refractivity contribution in [2.75, 3.05) is 26.2 Å². The van der Waals surface area contributed by atoms with E-state index < -0.39 is 0 Å². The lowest BCUT2D eigenvalue weighted by molar-refractivity contribution is 0.150. The largest absolute Gasteiger partial charge is 0.316 e. The minimum absolute atomic E-state index is 0. The van der Waals surface area contributed by atoms with Crippen molar-refractivity contribution < 1.29 is 0 Å². The molecule has 3 heteroatoms. The van der Waals surface area contributed by atoms with E-state index in [-0.39, 0.29) is 12.4 Å². The van der Waals surface area contributed by atoms with E-state index in [1.165, 1.54) is 45.4 Å². The summed E-state index contributed by atoms with van der Waals surface area (Å²) in [5.74, 6) is 0.910. The summed E-state index contributed by atoms with van der Waals surface area (Å²) in [5.41, 5.74) is 0.539. The Labute approximate surface area is 107 Å². The smallest absolute Gasteiger partial charge is 0.0119 e. The Kier molecular flexibility index (Phi) is 5.09. The highest BCUT2D eigenvalue weighted by molar-refractivity contribution is 5.85. The minimum atomic E-state index is 0. The van der Waals surface area contributed by atoms with E-state index in [1.807, 2.05) is 0 Å². The van der Waals surface area contributed by atoms with Crippen molar-refractivity contribution in [1.82, 2.24) is 10.2 Å². The normalized spacial score (nSPS) is 39.9. The van der Waals surface area contributed by atoms with Gasteiger partial charge in [-0.3, -0.25) is 4.90 Å². The van der Waals surface area contributed by atoms with Crippen molar-refractivity contribution in [2.24, 2.45) is 11.3 Å². The molecule has 2 rings (SSSR count). The third-order valence-electron chi connectivity index (χ3n) is 4.46. The predicted molar refractivity (Wildman–Crippen MR) is 72.3 cm³/mol. The van der Waals surface area contributed by atoms with E-state index in [0.717, 1.165) is 12.0 Å². The van der Waals surface area contributed by atoms with Gasteiger partial charge in [0.05, 0.1) is 0 Å². The fourth-order valence-corrected chi connectivity index (χ4v) is 3.44. The molecule has 0 aromatic carbocycles. The highest BCUT2D eigenvalue weighted by Gasteiger charge is 2.36. The third kappa shape index (κ3) is 2.91. The number of halogens is 1. The molecule has 2 saturated heterocycles. The first kappa shape index (κ1) is 14.3. The van der Waals surface area contributed by atoms with E-state index >= 15 is 0 Å². The van der Waals surface area contributed by atoms with Gasteiger partial charge in [-0.2, -0.15) is 0 Å². The van der Waals surface area contributed by atoms with E-state index in [9.17, 15) is 0 Å². The monoisotopic (exact) mass is 246 g/mol. The average Bonchev–Trinajstić information content (AvgIpc) is 2.75. The van der Waals surface area contributed by atoms with Crippen LogP contribution in [-0.2, 0) is 0 Å². The number of hydrogen-bond acceptors (Lipinski definition) is 2. The second kappa shape index (κ2) is 5.70. The summed E-state index contributed by atoms with van der Waals surface area (Å²) >= 11 is 0. The summed E-state index contributed by atoms with van der Waals surface area (Å²) < 4.78 is 0. The molecule has 2 nitrogen and oxygen atoms in total. The van der Waals surface area contributed by atoms with Crippen LogP contribution >= 0.6 is 12.4 Å². The first-order chi connectivity index (χ1) is 7.14. The zero-order chi connectivity index (χ0) is 10.9. The molecule has 0 aromatic heterocycles. The molecule has 0 amide bonds. The number of likely N-dealkylation sites (tertiary alicyclic amines) is 1. The molecule has 2 aliphatic heterocycles. The van der Waals surface area contributed by atoms with Crippen molar-refractivity contribution in [3.05, 3.63) is 0 Å². The maximum atomic E-state index is 3.50. The van der Waals surface area contributed by atoms with Crippen LogP contribution in [0.2, 0.25) is 0 Å². The van der Waals surface area contributed by atoms with Gasteiger partial charge in [0.25, 0.3) is 0 Å². The molecular formula is C13H27ClN2. The summed E-state index contributed by atoms with van der Waals surface area (Å²) in [6.07, 6.45) is 4.08. The van der Waals surface area contributed by atoms with Crippen molar-refractivity contribution in [2.45, 2.75) is 46.1 Å². The van der Waals surface area contributed by atoms with Gasteiger partial charge in [-0.1, -0.05) is 20.8 Å². The number of nitrogens with zero attached hydrogens (tertiary/aromatic N) is 1. The molecular weight excluding hydrogens is 220 g/mol. The Morgan fingerprint density at radius 2 is 2.19 bits per heavy atom. The molecule has 0 bridgehead atoms. The Hall–Kier alpha value is 0.210. The van der Waals surface area contributed by atoms with Crippen molar-refractivity contribution in [3.63, 3.8) is 0 Å². The predicted octanol–water partition coefficient (Wildman–Crippen LogP) is 2.53. The standard InChI is InChI=1S/C13H26N2.ClH/c1-4-12-11(2)5-8-15(12)10-13(3)6-7-14-9-13;/h11-12,14H,4-10H2,1-3H3;1H. The lowest BCUT2D eigenvalue weighted by atomic mass is 9.88. The fourth-order valence-electron chi connectivity index (χ4n) is 3.44. The van der Waals surface area contributed by atoms with E-state index in [2.05, 4.69) is 31.0 Å². The molecule has 96 valence electrons. The summed E-state index contributed by atoms with van der Waals surface area (Å²) in [4.78, 5) is 2.75. The lowest BCUT2D eigenvalue weighted by Gasteiger charge is -2.33. The van der Waals surface area contributed by atoms with Gasteiger partial charge in [-0.25, -0.2) is 0 Å². The van der Waals surface area contributed by atoms with Gasteiger partial charge in [0.15, 0.2) is 0 Å². The van der Waals surface area contributed by atoms with Gasteiger partial charge in [0.1, 0.15) is 0 Å². The minimum Gasteiger partial charge on any atom is -0.316 e. The van der Waals surface area contributed by atoms with Crippen LogP contribution in [0.15, 0.2) is 0 Å². The van der Waals surface area contributed by atoms with E-state index in [1.54, 1.807) is 0 Å². The fraction of sp³-hybridized carbons (Fsp3) is 1.00. The molecule has 0 aliphatic carbocycles. The van der Waals surface area contributed by atoms with Crippen molar-refractivity contribution >= 4 is 12.4 Å². The maximum Gasteiger partial charge on any atom is 0.0119 e. The lowest BCUT2D eigenvalue weighted by Crippen LogP contribution is -2.41. The van der Waals surface area contributed by atoms with Gasteiger partial charge >= 0.3 is 0 Å². The Bertz CT molecular complexity index is 214. The first-order valence-corrected chi connectivity index (χ1v) is 6.59. The zero-order valence-electron chi connectivity index (χ0n) is 11.0. The summed E-state index contributed by atoms with van der Waals surface area (Å²) in [6, 6.07) is 0.849. The maximum absolute atomic E-state index is 3.50. The second-order valence-corrected chi connectivity index (χ2v) is 5.95. The zero-order valence-corrected chi connectivity index (χ0v) is 11.8. The molecule has 1 N–H and O–H groups in total. The summed E-state index contributed by atoms with van der Waals surface area (Å²) in [6.45, 7) is 12.3. The molecule has 0 saturated carbocycles. The van der Waals surface area contributed by atoms with Crippen LogP contribution in [0.5, 0.6) is 0 Å². The molecule has 16 heavy (non-hydrogen) atoms.